The van der Waals surface area contributed by atoms with E-state index in [1.54, 1.807) is 17.5 Å². The number of unbranched alkanes of at least 4 members (excludes halogenated alkanes) is 1. The molecule has 6 heteroatoms. The number of aromatic nitrogens is 2. The van der Waals surface area contributed by atoms with Gasteiger partial charge in [-0.05, 0) is 40.2 Å². The summed E-state index contributed by atoms with van der Waals surface area (Å²) in [6, 6.07) is 4.35. The number of halogens is 1. The fourth-order valence-corrected chi connectivity index (χ4v) is 3.37. The Morgan fingerprint density at radius 3 is 2.90 bits per heavy atom. The Balaban J connectivity index is 2.20. The molecule has 21 heavy (non-hydrogen) atoms. The van der Waals surface area contributed by atoms with Crippen LogP contribution < -0.4 is 10.9 Å². The molecule has 0 aliphatic carbocycles. The van der Waals surface area contributed by atoms with E-state index < -0.39 is 0 Å². The van der Waals surface area contributed by atoms with Gasteiger partial charge < -0.3 is 5.32 Å². The second-order valence-electron chi connectivity index (χ2n) is 4.87. The number of nitrogens with one attached hydrogen (secondary N) is 1. The topological polar surface area (TPSA) is 46.9 Å². The van der Waals surface area contributed by atoms with Gasteiger partial charge in [-0.3, -0.25) is 4.79 Å². The molecule has 0 bridgehead atoms. The largest absolute Gasteiger partial charge is 0.375 e. The molecule has 4 nitrogen and oxygen atoms in total. The van der Waals surface area contributed by atoms with Gasteiger partial charge in [0.25, 0.3) is 5.56 Å². The van der Waals surface area contributed by atoms with Gasteiger partial charge in [0.2, 0.25) is 0 Å². The van der Waals surface area contributed by atoms with Gasteiger partial charge in [0.05, 0.1) is 17.9 Å². The van der Waals surface area contributed by atoms with Crippen molar-refractivity contribution in [1.82, 2.24) is 9.78 Å². The molecule has 0 saturated carbocycles. The van der Waals surface area contributed by atoms with Crippen molar-refractivity contribution in [2.24, 2.45) is 0 Å². The zero-order chi connectivity index (χ0) is 15.2. The molecule has 0 saturated heterocycles. The maximum Gasteiger partial charge on any atom is 0.283 e. The lowest BCUT2D eigenvalue weighted by Gasteiger charge is -2.18. The molecular weight excluding hydrogens is 350 g/mol. The quantitative estimate of drug-likeness (QED) is 0.784. The summed E-state index contributed by atoms with van der Waals surface area (Å²) >= 11 is 5.13. The minimum absolute atomic E-state index is 0.0746. The minimum atomic E-state index is -0.0746. The summed E-state index contributed by atoms with van der Waals surface area (Å²) in [5, 5.41) is 9.74. The molecular formula is C15H20BrN3OS. The molecule has 0 amide bonds. The van der Waals surface area contributed by atoms with Crippen LogP contribution in [-0.2, 0) is 6.54 Å². The zero-order valence-corrected chi connectivity index (χ0v) is 14.7. The fraction of sp³-hybridized carbons (Fsp3) is 0.467. The Morgan fingerprint density at radius 2 is 2.29 bits per heavy atom. The van der Waals surface area contributed by atoms with Crippen LogP contribution in [0.4, 0.5) is 5.69 Å². The Bertz CT molecular complexity index is 624. The highest BCUT2D eigenvalue weighted by Crippen LogP contribution is 2.28. The number of thiophene rings is 1. The van der Waals surface area contributed by atoms with Gasteiger partial charge in [0.1, 0.15) is 4.47 Å². The van der Waals surface area contributed by atoms with Crippen LogP contribution in [0.2, 0.25) is 0 Å². The number of hydrogen-bond acceptors (Lipinski definition) is 4. The van der Waals surface area contributed by atoms with Crippen molar-refractivity contribution >= 4 is 33.0 Å². The van der Waals surface area contributed by atoms with Crippen LogP contribution in [0.15, 0.2) is 33.0 Å². The molecule has 2 heterocycles. The van der Waals surface area contributed by atoms with E-state index in [1.165, 1.54) is 9.56 Å². The Labute approximate surface area is 137 Å². The summed E-state index contributed by atoms with van der Waals surface area (Å²) in [5.41, 5.74) is 0.683. The van der Waals surface area contributed by atoms with Crippen LogP contribution in [0.25, 0.3) is 0 Å². The van der Waals surface area contributed by atoms with Crippen molar-refractivity contribution in [1.29, 1.82) is 0 Å². The third-order valence-electron chi connectivity index (χ3n) is 3.33. The Kier molecular flexibility index (Phi) is 5.99. The van der Waals surface area contributed by atoms with Crippen molar-refractivity contribution in [3.05, 3.63) is 43.4 Å². The molecule has 1 N–H and O–H groups in total. The van der Waals surface area contributed by atoms with Gasteiger partial charge >= 0.3 is 0 Å². The van der Waals surface area contributed by atoms with Crippen molar-refractivity contribution < 1.29 is 0 Å². The average molecular weight is 370 g/mol. The Morgan fingerprint density at radius 1 is 1.48 bits per heavy atom. The molecule has 0 aliphatic rings. The van der Waals surface area contributed by atoms with Crippen LogP contribution in [0.5, 0.6) is 0 Å². The maximum absolute atomic E-state index is 12.3. The normalized spacial score (nSPS) is 12.3. The lowest BCUT2D eigenvalue weighted by atomic mass is 10.2. The molecule has 1 unspecified atom stereocenters. The molecule has 0 spiro atoms. The summed E-state index contributed by atoms with van der Waals surface area (Å²) in [7, 11) is 0. The van der Waals surface area contributed by atoms with E-state index in [-0.39, 0.29) is 11.6 Å². The van der Waals surface area contributed by atoms with Gasteiger partial charge in [-0.15, -0.1) is 11.3 Å². The van der Waals surface area contributed by atoms with E-state index in [0.717, 1.165) is 24.9 Å². The van der Waals surface area contributed by atoms with E-state index in [1.807, 2.05) is 6.07 Å². The number of nitrogens with zero attached hydrogens (tertiary/aromatic N) is 2. The van der Waals surface area contributed by atoms with Gasteiger partial charge in [-0.25, -0.2) is 4.68 Å². The molecule has 2 rings (SSSR count). The Hall–Kier alpha value is -1.14. The maximum atomic E-state index is 12.3. The van der Waals surface area contributed by atoms with Gasteiger partial charge in [0.15, 0.2) is 0 Å². The van der Waals surface area contributed by atoms with Crippen LogP contribution >= 0.6 is 27.3 Å². The lowest BCUT2D eigenvalue weighted by Crippen LogP contribution is -2.25. The molecule has 0 radical (unpaired) electrons. The average Bonchev–Trinajstić information content (AvgIpc) is 3.02. The summed E-state index contributed by atoms with van der Waals surface area (Å²) < 4.78 is 2.08. The molecule has 0 aliphatic heterocycles. The molecule has 0 fully saturated rings. The van der Waals surface area contributed by atoms with Crippen LogP contribution in [-0.4, -0.2) is 9.78 Å². The second kappa shape index (κ2) is 7.75. The molecule has 114 valence electrons. The molecule has 0 aromatic carbocycles. The van der Waals surface area contributed by atoms with Gasteiger partial charge in [-0.1, -0.05) is 26.3 Å². The van der Waals surface area contributed by atoms with Crippen molar-refractivity contribution in [2.75, 3.05) is 5.32 Å². The number of anilines is 1. The highest BCUT2D eigenvalue weighted by Gasteiger charge is 2.14. The SMILES string of the molecule is CCCCn1ncc(NC(CC)c2cccs2)c(Br)c1=O. The number of aryl methyl sites for hydroxylation is 1. The molecule has 2 aromatic rings. The minimum Gasteiger partial charge on any atom is -0.375 e. The van der Waals surface area contributed by atoms with E-state index in [9.17, 15) is 4.79 Å². The number of rotatable bonds is 7. The molecule has 1 atom stereocenters. The summed E-state index contributed by atoms with van der Waals surface area (Å²) in [4.78, 5) is 13.5. The number of hydrogen-bond donors (Lipinski definition) is 1. The van der Waals surface area contributed by atoms with Crippen molar-refractivity contribution in [3.63, 3.8) is 0 Å². The predicted octanol–water partition coefficient (Wildman–Crippen LogP) is 4.43. The summed E-state index contributed by atoms with van der Waals surface area (Å²) in [5.74, 6) is 0. The van der Waals surface area contributed by atoms with Crippen molar-refractivity contribution in [2.45, 2.75) is 45.7 Å². The van der Waals surface area contributed by atoms with Crippen molar-refractivity contribution in [3.8, 4) is 0 Å². The van der Waals surface area contributed by atoms with E-state index in [2.05, 4.69) is 51.6 Å². The van der Waals surface area contributed by atoms with E-state index >= 15 is 0 Å². The fourth-order valence-electron chi connectivity index (χ4n) is 2.08. The summed E-state index contributed by atoms with van der Waals surface area (Å²) in [6.45, 7) is 4.89. The van der Waals surface area contributed by atoms with Gasteiger partial charge in [0, 0.05) is 11.4 Å². The zero-order valence-electron chi connectivity index (χ0n) is 12.3. The standard InChI is InChI=1S/C15H20BrN3OS/c1-3-5-8-19-15(20)14(16)12(10-17-19)18-11(4-2)13-7-6-9-21-13/h6-7,9-11,18H,3-5,8H2,1-2H3. The van der Waals surface area contributed by atoms with Crippen LogP contribution in [0, 0.1) is 0 Å². The first kappa shape index (κ1) is 16.2. The third kappa shape index (κ3) is 3.95. The first-order valence-electron chi connectivity index (χ1n) is 7.22. The lowest BCUT2D eigenvalue weighted by molar-refractivity contribution is 0.540. The highest BCUT2D eigenvalue weighted by molar-refractivity contribution is 9.10. The second-order valence-corrected chi connectivity index (χ2v) is 6.65. The molecule has 2 aromatic heterocycles. The van der Waals surface area contributed by atoms with E-state index in [0.29, 0.717) is 11.0 Å². The first-order chi connectivity index (χ1) is 10.2. The van der Waals surface area contributed by atoms with E-state index in [4.69, 9.17) is 0 Å². The van der Waals surface area contributed by atoms with Crippen LogP contribution in [0.1, 0.15) is 44.0 Å². The summed E-state index contributed by atoms with van der Waals surface area (Å²) in [6.07, 6.45) is 4.68. The monoisotopic (exact) mass is 369 g/mol. The highest BCUT2D eigenvalue weighted by atomic mass is 79.9. The predicted molar refractivity (Wildman–Crippen MR) is 92.1 cm³/mol. The first-order valence-corrected chi connectivity index (χ1v) is 8.90. The third-order valence-corrected chi connectivity index (χ3v) is 5.09. The smallest absolute Gasteiger partial charge is 0.283 e. The van der Waals surface area contributed by atoms with Crippen LogP contribution in [0.3, 0.4) is 0 Å². The van der Waals surface area contributed by atoms with Gasteiger partial charge in [-0.2, -0.15) is 5.10 Å².